The molecule has 0 aliphatic rings. The topological polar surface area (TPSA) is 50.4 Å². The van der Waals surface area contributed by atoms with Gasteiger partial charge in [0.2, 0.25) is 0 Å². The molecule has 0 saturated carbocycles. The number of benzene rings is 1. The van der Waals surface area contributed by atoms with Crippen LogP contribution in [0.15, 0.2) is 18.2 Å². The van der Waals surface area contributed by atoms with Crippen molar-refractivity contribution in [3.8, 4) is 5.75 Å². The summed E-state index contributed by atoms with van der Waals surface area (Å²) in [6, 6.07) is 4.71. The molecule has 0 aliphatic carbocycles. The highest BCUT2D eigenvalue weighted by Crippen LogP contribution is 2.18. The highest BCUT2D eigenvalue weighted by atomic mass is 19.1. The Balaban J connectivity index is 2.55. The van der Waals surface area contributed by atoms with Gasteiger partial charge in [-0.2, -0.15) is 0 Å². The van der Waals surface area contributed by atoms with Crippen LogP contribution in [0.25, 0.3) is 0 Å². The molecule has 0 radical (unpaired) electrons. The van der Waals surface area contributed by atoms with Crippen molar-refractivity contribution in [1.29, 1.82) is 0 Å². The van der Waals surface area contributed by atoms with Gasteiger partial charge in [0.25, 0.3) is 5.91 Å². The molecule has 0 aliphatic heterocycles. The van der Waals surface area contributed by atoms with Gasteiger partial charge in [-0.15, -0.1) is 0 Å². The molecule has 0 atom stereocenters. The summed E-state index contributed by atoms with van der Waals surface area (Å²) in [5.74, 6) is -0.620. The van der Waals surface area contributed by atoms with Crippen LogP contribution in [0, 0.1) is 5.82 Å². The van der Waals surface area contributed by atoms with Crippen molar-refractivity contribution in [2.75, 3.05) is 13.7 Å². The number of carbonyl (C=O) groups is 1. The first-order chi connectivity index (χ1) is 9.38. The van der Waals surface area contributed by atoms with Crippen LogP contribution in [0.2, 0.25) is 0 Å². The Morgan fingerprint density at radius 1 is 1.40 bits per heavy atom. The molecular weight excluding hydrogens is 259 g/mol. The van der Waals surface area contributed by atoms with Crippen LogP contribution >= 0.6 is 0 Å². The zero-order valence-electron chi connectivity index (χ0n) is 12.5. The highest BCUT2D eigenvalue weighted by molar-refractivity contribution is 5.78. The number of amides is 1. The Hall–Kier alpha value is -1.62. The number of rotatable bonds is 7. The molecule has 0 heterocycles. The molecule has 20 heavy (non-hydrogen) atoms. The molecule has 1 rings (SSSR count). The summed E-state index contributed by atoms with van der Waals surface area (Å²) in [7, 11) is 1.79. The molecule has 0 spiro atoms. The number of hydrogen-bond donors (Lipinski definition) is 2. The van der Waals surface area contributed by atoms with Crippen molar-refractivity contribution >= 4 is 5.91 Å². The van der Waals surface area contributed by atoms with Gasteiger partial charge in [0, 0.05) is 12.1 Å². The molecule has 0 saturated heterocycles. The van der Waals surface area contributed by atoms with Gasteiger partial charge < -0.3 is 15.4 Å². The Bertz CT molecular complexity index is 461. The maximum atomic E-state index is 13.7. The summed E-state index contributed by atoms with van der Waals surface area (Å²) >= 11 is 0. The molecular formula is C15H23FN2O2. The molecule has 0 bridgehead atoms. The zero-order chi connectivity index (χ0) is 15.2. The quantitative estimate of drug-likeness (QED) is 0.806. The molecule has 4 nitrogen and oxygen atoms in total. The van der Waals surface area contributed by atoms with Crippen LogP contribution < -0.4 is 15.4 Å². The second-order valence-electron chi connectivity index (χ2n) is 5.37. The van der Waals surface area contributed by atoms with Gasteiger partial charge in [-0.3, -0.25) is 4.79 Å². The monoisotopic (exact) mass is 282 g/mol. The first kappa shape index (κ1) is 16.4. The maximum absolute atomic E-state index is 13.7. The van der Waals surface area contributed by atoms with Gasteiger partial charge in [-0.1, -0.05) is 13.0 Å². The Labute approximate surface area is 119 Å². The third-order valence-corrected chi connectivity index (χ3v) is 3.10. The highest BCUT2D eigenvalue weighted by Gasteiger charge is 2.18. The van der Waals surface area contributed by atoms with E-state index < -0.39 is 5.82 Å². The van der Waals surface area contributed by atoms with Crippen molar-refractivity contribution in [2.24, 2.45) is 0 Å². The van der Waals surface area contributed by atoms with Crippen LogP contribution in [0.3, 0.4) is 0 Å². The van der Waals surface area contributed by atoms with Crippen molar-refractivity contribution in [3.05, 3.63) is 29.6 Å². The molecule has 112 valence electrons. The SMILES string of the molecule is CCC(C)(C)NC(=O)COc1ccc(CNC)cc1F. The van der Waals surface area contributed by atoms with E-state index in [9.17, 15) is 9.18 Å². The maximum Gasteiger partial charge on any atom is 0.258 e. The predicted octanol–water partition coefficient (Wildman–Crippen LogP) is 2.23. The molecule has 5 heteroatoms. The normalized spacial score (nSPS) is 11.2. The Morgan fingerprint density at radius 2 is 2.10 bits per heavy atom. The van der Waals surface area contributed by atoms with Gasteiger partial charge in [0.05, 0.1) is 0 Å². The summed E-state index contributed by atoms with van der Waals surface area (Å²) in [6.07, 6.45) is 0.811. The van der Waals surface area contributed by atoms with Gasteiger partial charge in [0.15, 0.2) is 18.2 Å². The lowest BCUT2D eigenvalue weighted by atomic mass is 10.0. The summed E-state index contributed by atoms with van der Waals surface area (Å²) in [5, 5.41) is 5.77. The lowest BCUT2D eigenvalue weighted by Crippen LogP contribution is -2.44. The molecule has 0 fully saturated rings. The van der Waals surface area contributed by atoms with E-state index in [1.807, 2.05) is 20.8 Å². The van der Waals surface area contributed by atoms with Crippen LogP contribution in [0.4, 0.5) is 4.39 Å². The van der Waals surface area contributed by atoms with Crippen molar-refractivity contribution in [3.63, 3.8) is 0 Å². The molecule has 1 aromatic rings. The average molecular weight is 282 g/mol. The molecule has 0 unspecified atom stereocenters. The van der Waals surface area contributed by atoms with Crippen molar-refractivity contribution < 1.29 is 13.9 Å². The third-order valence-electron chi connectivity index (χ3n) is 3.10. The summed E-state index contributed by atoms with van der Waals surface area (Å²) in [5.41, 5.74) is 0.546. The number of halogens is 1. The molecule has 1 aromatic carbocycles. The van der Waals surface area contributed by atoms with Crippen molar-refractivity contribution in [1.82, 2.24) is 10.6 Å². The van der Waals surface area contributed by atoms with Gasteiger partial charge >= 0.3 is 0 Å². The number of hydrogen-bond acceptors (Lipinski definition) is 3. The van der Waals surface area contributed by atoms with Crippen LogP contribution in [-0.4, -0.2) is 25.1 Å². The predicted molar refractivity (Wildman–Crippen MR) is 77.2 cm³/mol. The van der Waals surface area contributed by atoms with Gasteiger partial charge in [0.1, 0.15) is 0 Å². The number of nitrogens with one attached hydrogen (secondary N) is 2. The van der Waals surface area contributed by atoms with E-state index in [4.69, 9.17) is 4.74 Å². The van der Waals surface area contributed by atoms with Crippen LogP contribution in [-0.2, 0) is 11.3 Å². The molecule has 2 N–H and O–H groups in total. The van der Waals surface area contributed by atoms with E-state index in [-0.39, 0.29) is 23.8 Å². The fraction of sp³-hybridized carbons (Fsp3) is 0.533. The summed E-state index contributed by atoms with van der Waals surface area (Å²) in [4.78, 5) is 11.7. The van der Waals surface area contributed by atoms with Crippen LogP contribution in [0.1, 0.15) is 32.8 Å². The largest absolute Gasteiger partial charge is 0.481 e. The molecule has 1 amide bonds. The summed E-state index contributed by atoms with van der Waals surface area (Å²) in [6.45, 7) is 6.24. The van der Waals surface area contributed by atoms with Gasteiger partial charge in [-0.25, -0.2) is 4.39 Å². The van der Waals surface area contributed by atoms with E-state index in [1.165, 1.54) is 6.07 Å². The minimum atomic E-state index is -0.458. The third kappa shape index (κ3) is 5.17. The van der Waals surface area contributed by atoms with Crippen molar-refractivity contribution in [2.45, 2.75) is 39.3 Å². The minimum absolute atomic E-state index is 0.0920. The lowest BCUT2D eigenvalue weighted by Gasteiger charge is -2.24. The average Bonchev–Trinajstić information content (AvgIpc) is 2.37. The van der Waals surface area contributed by atoms with E-state index in [0.717, 1.165) is 12.0 Å². The smallest absolute Gasteiger partial charge is 0.258 e. The summed E-state index contributed by atoms with van der Waals surface area (Å²) < 4.78 is 19.0. The molecule has 0 aromatic heterocycles. The van der Waals surface area contributed by atoms with E-state index in [0.29, 0.717) is 6.54 Å². The Morgan fingerprint density at radius 3 is 2.65 bits per heavy atom. The first-order valence-electron chi connectivity index (χ1n) is 6.75. The minimum Gasteiger partial charge on any atom is -0.481 e. The first-order valence-corrected chi connectivity index (χ1v) is 6.75. The van der Waals surface area contributed by atoms with E-state index >= 15 is 0 Å². The van der Waals surface area contributed by atoms with E-state index in [2.05, 4.69) is 10.6 Å². The fourth-order valence-electron chi connectivity index (χ4n) is 1.62. The van der Waals surface area contributed by atoms with Crippen LogP contribution in [0.5, 0.6) is 5.75 Å². The second kappa shape index (κ2) is 7.24. The lowest BCUT2D eigenvalue weighted by molar-refractivity contribution is -0.124. The number of carbonyl (C=O) groups excluding carboxylic acids is 1. The van der Waals surface area contributed by atoms with Gasteiger partial charge in [-0.05, 0) is 45.0 Å². The zero-order valence-corrected chi connectivity index (χ0v) is 12.5. The number of ether oxygens (including phenoxy) is 1. The standard InChI is InChI=1S/C15H23FN2O2/c1-5-15(2,3)18-14(19)10-20-13-7-6-11(9-17-4)8-12(13)16/h6-8,17H,5,9-10H2,1-4H3,(H,18,19). The Kier molecular flexibility index (Phi) is 5.95. The fourth-order valence-corrected chi connectivity index (χ4v) is 1.62. The van der Waals surface area contributed by atoms with E-state index in [1.54, 1.807) is 19.2 Å². The second-order valence-corrected chi connectivity index (χ2v) is 5.37.